The maximum Gasteiger partial charge on any atom is 0.261 e. The fraction of sp³-hybridized carbons (Fsp3) is 0.167. The van der Waals surface area contributed by atoms with Crippen molar-refractivity contribution in [1.82, 2.24) is 10.2 Å². The van der Waals surface area contributed by atoms with Crippen molar-refractivity contribution in [3.8, 4) is 0 Å². The van der Waals surface area contributed by atoms with Crippen molar-refractivity contribution in [2.75, 3.05) is 18.2 Å². The summed E-state index contributed by atoms with van der Waals surface area (Å²) in [6, 6.07) is 7.42. The third-order valence-electron chi connectivity index (χ3n) is 2.48. The van der Waals surface area contributed by atoms with Gasteiger partial charge in [0.05, 0.1) is 12.8 Å². The predicted molar refractivity (Wildman–Crippen MR) is 68.1 cm³/mol. The Morgan fingerprint density at radius 3 is 2.94 bits per heavy atom. The second-order valence-corrected chi connectivity index (χ2v) is 3.74. The number of aromatic nitrogens is 2. The molecule has 18 heavy (non-hydrogen) atoms. The van der Waals surface area contributed by atoms with E-state index in [1.165, 1.54) is 6.20 Å². The van der Waals surface area contributed by atoms with Crippen molar-refractivity contribution in [2.45, 2.75) is 6.61 Å². The monoisotopic (exact) mass is 246 g/mol. The van der Waals surface area contributed by atoms with Crippen LogP contribution in [0.5, 0.6) is 0 Å². The van der Waals surface area contributed by atoms with E-state index in [2.05, 4.69) is 15.5 Å². The number of anilines is 2. The molecule has 4 N–H and O–H groups in total. The first kappa shape index (κ1) is 12.1. The lowest BCUT2D eigenvalue weighted by Gasteiger charge is -2.09. The van der Waals surface area contributed by atoms with E-state index in [4.69, 9.17) is 10.5 Å². The summed E-state index contributed by atoms with van der Waals surface area (Å²) in [6.07, 6.45) is 1.39. The zero-order chi connectivity index (χ0) is 13.0. The van der Waals surface area contributed by atoms with Crippen molar-refractivity contribution in [3.05, 3.63) is 41.6 Å². The summed E-state index contributed by atoms with van der Waals surface area (Å²) < 4.78 is 5.07. The van der Waals surface area contributed by atoms with Crippen molar-refractivity contribution in [2.24, 2.45) is 0 Å². The highest BCUT2D eigenvalue weighted by molar-refractivity contribution is 6.07. The molecule has 0 aliphatic carbocycles. The smallest absolute Gasteiger partial charge is 0.261 e. The Labute approximate surface area is 104 Å². The molecule has 0 atom stereocenters. The minimum absolute atomic E-state index is 0.247. The SMILES string of the molecule is COCc1ccccc1NC(=O)c1cn[nH]c1N. The molecule has 0 spiro atoms. The van der Waals surface area contributed by atoms with Crippen LogP contribution in [0.2, 0.25) is 0 Å². The number of amides is 1. The lowest BCUT2D eigenvalue weighted by molar-refractivity contribution is 0.102. The van der Waals surface area contributed by atoms with Gasteiger partial charge in [0.25, 0.3) is 5.91 Å². The van der Waals surface area contributed by atoms with Crippen molar-refractivity contribution < 1.29 is 9.53 Å². The summed E-state index contributed by atoms with van der Waals surface area (Å²) in [4.78, 5) is 12.0. The average Bonchev–Trinajstić information content (AvgIpc) is 2.78. The predicted octanol–water partition coefficient (Wildman–Crippen LogP) is 1.39. The first-order valence-corrected chi connectivity index (χ1v) is 5.39. The van der Waals surface area contributed by atoms with Gasteiger partial charge in [-0.25, -0.2) is 0 Å². The molecule has 0 aliphatic heterocycles. The zero-order valence-electron chi connectivity index (χ0n) is 9.93. The highest BCUT2D eigenvalue weighted by Crippen LogP contribution is 2.17. The van der Waals surface area contributed by atoms with Gasteiger partial charge < -0.3 is 15.8 Å². The van der Waals surface area contributed by atoms with Crippen LogP contribution in [0.1, 0.15) is 15.9 Å². The van der Waals surface area contributed by atoms with Gasteiger partial charge in [0.2, 0.25) is 0 Å². The van der Waals surface area contributed by atoms with Crippen LogP contribution in [0.25, 0.3) is 0 Å². The molecule has 6 heteroatoms. The zero-order valence-corrected chi connectivity index (χ0v) is 9.93. The molecule has 6 nitrogen and oxygen atoms in total. The van der Waals surface area contributed by atoms with E-state index in [1.807, 2.05) is 24.3 Å². The number of H-pyrrole nitrogens is 1. The van der Waals surface area contributed by atoms with E-state index in [-0.39, 0.29) is 11.7 Å². The van der Waals surface area contributed by atoms with Gasteiger partial charge in [-0.1, -0.05) is 18.2 Å². The molecule has 2 aromatic rings. The number of nitrogen functional groups attached to an aromatic ring is 1. The van der Waals surface area contributed by atoms with Crippen LogP contribution in [0, 0.1) is 0 Å². The number of nitrogens with two attached hydrogens (primary N) is 1. The summed E-state index contributed by atoms with van der Waals surface area (Å²) in [5.41, 5.74) is 7.51. The van der Waals surface area contributed by atoms with E-state index >= 15 is 0 Å². The van der Waals surface area contributed by atoms with Crippen LogP contribution in [-0.2, 0) is 11.3 Å². The summed E-state index contributed by atoms with van der Waals surface area (Å²) in [5.74, 6) is -0.0541. The number of ether oxygens (including phenoxy) is 1. The van der Waals surface area contributed by atoms with E-state index < -0.39 is 0 Å². The maximum absolute atomic E-state index is 12.0. The number of para-hydroxylation sites is 1. The third-order valence-corrected chi connectivity index (χ3v) is 2.48. The minimum atomic E-state index is -0.301. The number of hydrogen-bond acceptors (Lipinski definition) is 4. The fourth-order valence-electron chi connectivity index (χ4n) is 1.59. The number of aromatic amines is 1. The number of carbonyl (C=O) groups excluding carboxylic acids is 1. The number of benzene rings is 1. The Hall–Kier alpha value is -2.34. The Morgan fingerprint density at radius 2 is 2.28 bits per heavy atom. The van der Waals surface area contributed by atoms with Crippen molar-refractivity contribution in [1.29, 1.82) is 0 Å². The van der Waals surface area contributed by atoms with Crippen molar-refractivity contribution >= 4 is 17.4 Å². The number of methoxy groups -OCH3 is 1. The van der Waals surface area contributed by atoms with E-state index in [0.29, 0.717) is 17.9 Å². The maximum atomic E-state index is 12.0. The number of carbonyl (C=O) groups is 1. The lowest BCUT2D eigenvalue weighted by Crippen LogP contribution is -2.14. The van der Waals surface area contributed by atoms with Crippen LogP contribution in [-0.4, -0.2) is 23.2 Å². The van der Waals surface area contributed by atoms with E-state index in [0.717, 1.165) is 5.56 Å². The normalized spacial score (nSPS) is 10.3. The summed E-state index contributed by atoms with van der Waals surface area (Å²) >= 11 is 0. The Kier molecular flexibility index (Phi) is 3.59. The fourth-order valence-corrected chi connectivity index (χ4v) is 1.59. The molecule has 1 heterocycles. The Balaban J connectivity index is 2.19. The van der Waals surface area contributed by atoms with Gasteiger partial charge >= 0.3 is 0 Å². The second-order valence-electron chi connectivity index (χ2n) is 3.74. The molecule has 0 aliphatic rings. The number of nitrogens with one attached hydrogen (secondary N) is 2. The Morgan fingerprint density at radius 1 is 1.50 bits per heavy atom. The average molecular weight is 246 g/mol. The van der Waals surface area contributed by atoms with Crippen LogP contribution in [0.4, 0.5) is 11.5 Å². The van der Waals surface area contributed by atoms with Gasteiger partial charge in [-0.05, 0) is 6.07 Å². The van der Waals surface area contributed by atoms with E-state index in [9.17, 15) is 4.79 Å². The highest BCUT2D eigenvalue weighted by Gasteiger charge is 2.13. The summed E-state index contributed by atoms with van der Waals surface area (Å²) in [7, 11) is 1.60. The topological polar surface area (TPSA) is 93.0 Å². The number of hydrogen-bond donors (Lipinski definition) is 3. The van der Waals surface area contributed by atoms with Crippen LogP contribution in [0.3, 0.4) is 0 Å². The van der Waals surface area contributed by atoms with Gasteiger partial charge in [0.15, 0.2) is 0 Å². The van der Waals surface area contributed by atoms with Gasteiger partial charge in [-0.3, -0.25) is 9.89 Å². The van der Waals surface area contributed by atoms with Crippen LogP contribution in [0.15, 0.2) is 30.5 Å². The molecule has 2 rings (SSSR count). The molecular weight excluding hydrogens is 232 g/mol. The molecule has 0 saturated heterocycles. The van der Waals surface area contributed by atoms with Gasteiger partial charge in [-0.15, -0.1) is 0 Å². The third kappa shape index (κ3) is 2.49. The summed E-state index contributed by atoms with van der Waals surface area (Å²) in [5, 5.41) is 9.00. The van der Waals surface area contributed by atoms with Crippen molar-refractivity contribution in [3.63, 3.8) is 0 Å². The molecule has 94 valence electrons. The highest BCUT2D eigenvalue weighted by atomic mass is 16.5. The summed E-state index contributed by atoms with van der Waals surface area (Å²) in [6.45, 7) is 0.428. The lowest BCUT2D eigenvalue weighted by atomic mass is 10.2. The van der Waals surface area contributed by atoms with Gasteiger partial charge in [-0.2, -0.15) is 5.10 Å². The largest absolute Gasteiger partial charge is 0.383 e. The molecule has 1 aromatic heterocycles. The second kappa shape index (κ2) is 5.33. The minimum Gasteiger partial charge on any atom is -0.383 e. The molecule has 1 amide bonds. The van der Waals surface area contributed by atoms with Crippen LogP contribution < -0.4 is 11.1 Å². The number of rotatable bonds is 4. The molecule has 0 bridgehead atoms. The number of nitrogens with zero attached hydrogens (tertiary/aromatic N) is 1. The van der Waals surface area contributed by atoms with E-state index in [1.54, 1.807) is 7.11 Å². The molecule has 0 fully saturated rings. The molecular formula is C12H14N4O2. The molecule has 0 radical (unpaired) electrons. The quantitative estimate of drug-likeness (QED) is 0.760. The molecule has 0 saturated carbocycles. The standard InChI is InChI=1S/C12H14N4O2/c1-18-7-8-4-2-3-5-10(8)15-12(17)9-6-14-16-11(9)13/h2-6H,7H2,1H3,(H,15,17)(H3,13,14,16). The first-order chi connectivity index (χ1) is 8.72. The van der Waals surface area contributed by atoms with Gasteiger partial charge in [0.1, 0.15) is 11.4 Å². The van der Waals surface area contributed by atoms with Crippen LogP contribution >= 0.6 is 0 Å². The first-order valence-electron chi connectivity index (χ1n) is 5.39. The molecule has 1 aromatic carbocycles. The van der Waals surface area contributed by atoms with Gasteiger partial charge in [0, 0.05) is 18.4 Å². The Bertz CT molecular complexity index is 551. The molecule has 0 unspecified atom stereocenters.